The van der Waals surface area contributed by atoms with Crippen molar-refractivity contribution in [3.05, 3.63) is 35.4 Å². The molecule has 0 aliphatic carbocycles. The smallest absolute Gasteiger partial charge is 0.455 e. The fraction of sp³-hybridized carbons (Fsp3) is 0.571. The third-order valence-corrected chi connectivity index (χ3v) is 6.99. The van der Waals surface area contributed by atoms with Gasteiger partial charge in [-0.05, 0) is 37.0 Å². The van der Waals surface area contributed by atoms with Crippen LogP contribution in [0.2, 0.25) is 6.04 Å². The van der Waals surface area contributed by atoms with E-state index in [2.05, 4.69) is 0 Å². The lowest BCUT2D eigenvalue weighted by Gasteiger charge is -2.27. The zero-order chi connectivity index (χ0) is 23.5. The van der Waals surface area contributed by atoms with Gasteiger partial charge in [0, 0.05) is 19.3 Å². The highest BCUT2D eigenvalue weighted by atomic mass is 28.4. The van der Waals surface area contributed by atoms with Crippen LogP contribution in [0.5, 0.6) is 0 Å². The van der Waals surface area contributed by atoms with Crippen molar-refractivity contribution in [3.8, 4) is 0 Å². The van der Waals surface area contributed by atoms with E-state index in [0.29, 0.717) is 25.7 Å². The molecule has 0 spiro atoms. The van der Waals surface area contributed by atoms with Crippen LogP contribution in [0.4, 0.5) is 13.2 Å². The van der Waals surface area contributed by atoms with E-state index < -0.39 is 38.5 Å². The number of rotatable bonds is 12. The van der Waals surface area contributed by atoms with E-state index in [-0.39, 0.29) is 25.3 Å². The number of hydrogen-bond acceptors (Lipinski definition) is 6. The molecular weight excluding hydrogens is 433 g/mol. The van der Waals surface area contributed by atoms with Crippen LogP contribution in [0.3, 0.4) is 0 Å². The van der Waals surface area contributed by atoms with Gasteiger partial charge in [-0.2, -0.15) is 13.2 Å². The minimum absolute atomic E-state index is 0.0377. The van der Waals surface area contributed by atoms with Gasteiger partial charge in [-0.15, -0.1) is 0 Å². The molecule has 1 aromatic carbocycles. The highest BCUT2D eigenvalue weighted by Crippen LogP contribution is 2.29. The highest BCUT2D eigenvalue weighted by molar-refractivity contribution is 6.65. The van der Waals surface area contributed by atoms with Gasteiger partial charge in [0.1, 0.15) is 0 Å². The SMILES string of the molecule is CCC(=O)O[Si](CCCCCc1ccc(C(F)(F)F)cc1)(OC(=O)CC)OC(=O)CC. The van der Waals surface area contributed by atoms with E-state index >= 15 is 0 Å². The van der Waals surface area contributed by atoms with Crippen LogP contribution >= 0.6 is 0 Å². The van der Waals surface area contributed by atoms with Crippen molar-refractivity contribution in [3.63, 3.8) is 0 Å². The zero-order valence-electron chi connectivity index (χ0n) is 18.0. The standard InChI is InChI=1S/C21H29F3O6Si/c1-4-18(25)28-31(29-19(26)5-2,30-20(27)6-3)15-9-7-8-10-16-11-13-17(14-12-16)21(22,23)24/h11-14H,4-10,15H2,1-3H3. The van der Waals surface area contributed by atoms with Crippen LogP contribution < -0.4 is 0 Å². The Balaban J connectivity index is 2.72. The van der Waals surface area contributed by atoms with E-state index in [4.69, 9.17) is 13.3 Å². The second kappa shape index (κ2) is 12.5. The first-order valence-corrected chi connectivity index (χ1v) is 12.3. The first-order valence-electron chi connectivity index (χ1n) is 10.4. The first kappa shape index (κ1) is 26.7. The largest absolute Gasteiger partial charge is 0.705 e. The predicted molar refractivity (Wildman–Crippen MR) is 109 cm³/mol. The summed E-state index contributed by atoms with van der Waals surface area (Å²) < 4.78 is 53.9. The molecule has 1 aromatic rings. The van der Waals surface area contributed by atoms with E-state index in [1.54, 1.807) is 20.8 Å². The minimum Gasteiger partial charge on any atom is -0.455 e. The number of benzene rings is 1. The van der Waals surface area contributed by atoms with Crippen molar-refractivity contribution >= 4 is 26.7 Å². The quantitative estimate of drug-likeness (QED) is 0.313. The number of halogens is 3. The second-order valence-corrected chi connectivity index (χ2v) is 9.40. The molecular formula is C21H29F3O6Si. The predicted octanol–water partition coefficient (Wildman–Crippen LogP) is 5.22. The number of alkyl halides is 3. The van der Waals surface area contributed by atoms with Crippen molar-refractivity contribution in [2.24, 2.45) is 0 Å². The van der Waals surface area contributed by atoms with E-state index in [9.17, 15) is 27.6 Å². The van der Waals surface area contributed by atoms with Crippen LogP contribution in [-0.2, 0) is 40.3 Å². The Bertz CT molecular complexity index is 688. The van der Waals surface area contributed by atoms with Crippen molar-refractivity contribution < 1.29 is 40.8 Å². The molecule has 0 amide bonds. The van der Waals surface area contributed by atoms with Gasteiger partial charge in [-0.1, -0.05) is 39.3 Å². The van der Waals surface area contributed by atoms with Crippen molar-refractivity contribution in [2.75, 3.05) is 0 Å². The number of unbranched alkanes of at least 4 members (excludes halogenated alkanes) is 2. The Morgan fingerprint density at radius 3 is 1.61 bits per heavy atom. The number of hydrogen-bond donors (Lipinski definition) is 0. The van der Waals surface area contributed by atoms with Crippen molar-refractivity contribution in [1.29, 1.82) is 0 Å². The van der Waals surface area contributed by atoms with Crippen molar-refractivity contribution in [2.45, 2.75) is 77.9 Å². The summed E-state index contributed by atoms with van der Waals surface area (Å²) in [7, 11) is -3.88. The minimum atomic E-state index is -4.37. The van der Waals surface area contributed by atoms with Crippen molar-refractivity contribution in [1.82, 2.24) is 0 Å². The molecule has 174 valence electrons. The summed E-state index contributed by atoms with van der Waals surface area (Å²) in [5, 5.41) is 0. The zero-order valence-corrected chi connectivity index (χ0v) is 19.0. The van der Waals surface area contributed by atoms with Crippen LogP contribution in [0, 0.1) is 0 Å². The Hall–Kier alpha value is -2.36. The monoisotopic (exact) mass is 462 g/mol. The fourth-order valence-corrected chi connectivity index (χ4v) is 5.25. The Labute approximate surface area is 181 Å². The molecule has 0 radical (unpaired) electrons. The maximum absolute atomic E-state index is 12.6. The molecule has 0 bridgehead atoms. The summed E-state index contributed by atoms with van der Waals surface area (Å²) in [6, 6.07) is 5.08. The Morgan fingerprint density at radius 2 is 1.23 bits per heavy atom. The van der Waals surface area contributed by atoms with Gasteiger partial charge in [-0.3, -0.25) is 14.4 Å². The molecule has 0 unspecified atom stereocenters. The van der Waals surface area contributed by atoms with Gasteiger partial charge in [-0.25, -0.2) is 0 Å². The summed E-state index contributed by atoms with van der Waals surface area (Å²) in [5.41, 5.74) is 0.0731. The van der Waals surface area contributed by atoms with E-state index in [1.165, 1.54) is 12.1 Å². The fourth-order valence-electron chi connectivity index (χ4n) is 2.66. The van der Waals surface area contributed by atoms with Gasteiger partial charge in [0.05, 0.1) is 11.6 Å². The van der Waals surface area contributed by atoms with Gasteiger partial charge < -0.3 is 13.3 Å². The normalized spacial score (nSPS) is 11.7. The highest BCUT2D eigenvalue weighted by Gasteiger charge is 2.52. The van der Waals surface area contributed by atoms with Gasteiger partial charge >= 0.3 is 15.0 Å². The van der Waals surface area contributed by atoms with Gasteiger partial charge in [0.25, 0.3) is 17.9 Å². The second-order valence-electron chi connectivity index (χ2n) is 6.92. The molecule has 0 heterocycles. The van der Waals surface area contributed by atoms with E-state index in [0.717, 1.165) is 17.7 Å². The lowest BCUT2D eigenvalue weighted by Crippen LogP contribution is -2.50. The van der Waals surface area contributed by atoms with Gasteiger partial charge in [0.15, 0.2) is 0 Å². The Kier molecular flexibility index (Phi) is 10.7. The Morgan fingerprint density at radius 1 is 0.774 bits per heavy atom. The maximum atomic E-state index is 12.6. The lowest BCUT2D eigenvalue weighted by molar-refractivity contribution is -0.150. The molecule has 0 atom stereocenters. The molecule has 0 saturated heterocycles. The average molecular weight is 463 g/mol. The third-order valence-electron chi connectivity index (χ3n) is 4.40. The molecule has 31 heavy (non-hydrogen) atoms. The molecule has 0 fully saturated rings. The molecule has 0 aliphatic heterocycles. The van der Waals surface area contributed by atoms with Crippen LogP contribution in [0.15, 0.2) is 24.3 Å². The van der Waals surface area contributed by atoms with Gasteiger partial charge in [0.2, 0.25) is 0 Å². The molecule has 0 N–H and O–H groups in total. The molecule has 0 aliphatic rings. The topological polar surface area (TPSA) is 78.9 Å². The summed E-state index contributed by atoms with van der Waals surface area (Å²) in [5.74, 6) is -1.86. The molecule has 1 rings (SSSR count). The number of carbonyl (C=O) groups is 3. The molecule has 6 nitrogen and oxygen atoms in total. The van der Waals surface area contributed by atoms with Crippen LogP contribution in [0.1, 0.15) is 70.4 Å². The lowest BCUT2D eigenvalue weighted by atomic mass is 10.1. The molecule has 10 heteroatoms. The van der Waals surface area contributed by atoms with Crippen LogP contribution in [-0.4, -0.2) is 26.7 Å². The number of aryl methyl sites for hydroxylation is 1. The first-order chi connectivity index (χ1) is 14.5. The average Bonchev–Trinajstić information content (AvgIpc) is 2.72. The number of carbonyl (C=O) groups excluding carboxylic acids is 3. The van der Waals surface area contributed by atoms with Crippen LogP contribution in [0.25, 0.3) is 0 Å². The third kappa shape index (κ3) is 9.54. The maximum Gasteiger partial charge on any atom is 0.705 e. The van der Waals surface area contributed by atoms with E-state index in [1.807, 2.05) is 0 Å². The molecule has 0 saturated carbocycles. The summed E-state index contributed by atoms with van der Waals surface area (Å²) in [6.07, 6.45) is -1.97. The molecule has 0 aromatic heterocycles. The summed E-state index contributed by atoms with van der Waals surface area (Å²) >= 11 is 0. The summed E-state index contributed by atoms with van der Waals surface area (Å²) in [4.78, 5) is 35.7. The summed E-state index contributed by atoms with van der Waals surface area (Å²) in [6.45, 7) is 4.73.